The van der Waals surface area contributed by atoms with Crippen molar-refractivity contribution in [2.75, 3.05) is 7.11 Å². The minimum absolute atomic E-state index is 0.180. The molecular weight excluding hydrogens is 370 g/mol. The number of hydrogen-bond acceptors (Lipinski definition) is 4. The number of ether oxygens (including phenoxy) is 2. The van der Waals surface area contributed by atoms with Crippen molar-refractivity contribution in [3.8, 4) is 11.5 Å². The number of methoxy groups -OCH3 is 1. The van der Waals surface area contributed by atoms with Crippen LogP contribution in [0.15, 0.2) is 46.9 Å². The van der Waals surface area contributed by atoms with Gasteiger partial charge in [0.1, 0.15) is 18.1 Å². The summed E-state index contributed by atoms with van der Waals surface area (Å²) in [6, 6.07) is 13.7. The summed E-state index contributed by atoms with van der Waals surface area (Å²) in [5.74, 6) is 1.38. The number of halogens is 1. The van der Waals surface area contributed by atoms with Crippen molar-refractivity contribution in [3.63, 3.8) is 0 Å². The lowest BCUT2D eigenvalue weighted by Gasteiger charge is -2.14. The smallest absolute Gasteiger partial charge is 0.158 e. The Morgan fingerprint density at radius 2 is 1.88 bits per heavy atom. The first-order chi connectivity index (χ1) is 11.6. The molecule has 0 fully saturated rings. The zero-order valence-corrected chi connectivity index (χ0v) is 15.1. The van der Waals surface area contributed by atoms with Crippen molar-refractivity contribution in [2.45, 2.75) is 20.1 Å². The zero-order chi connectivity index (χ0) is 17.1. The molecule has 1 N–H and O–H groups in total. The third kappa shape index (κ3) is 3.37. The van der Waals surface area contributed by atoms with Crippen LogP contribution in [-0.4, -0.2) is 17.2 Å². The Labute approximate surface area is 149 Å². The van der Waals surface area contributed by atoms with Gasteiger partial charge in [0.25, 0.3) is 0 Å². The molecule has 0 bridgehead atoms. The first kappa shape index (κ1) is 16.7. The molecule has 2 aromatic carbocycles. The normalized spacial score (nSPS) is 10.8. The van der Waals surface area contributed by atoms with E-state index in [4.69, 9.17) is 9.47 Å². The lowest BCUT2D eigenvalue weighted by atomic mass is 10.1. The molecule has 4 nitrogen and oxygen atoms in total. The van der Waals surface area contributed by atoms with Gasteiger partial charge in [0.05, 0.1) is 23.7 Å². The number of aromatic nitrogens is 1. The van der Waals surface area contributed by atoms with E-state index in [1.54, 1.807) is 7.11 Å². The number of hydrogen-bond donors (Lipinski definition) is 1. The number of aryl methyl sites for hydroxylation is 1. The highest BCUT2D eigenvalue weighted by Gasteiger charge is 2.14. The number of pyridine rings is 1. The van der Waals surface area contributed by atoms with Crippen molar-refractivity contribution in [1.29, 1.82) is 0 Å². The van der Waals surface area contributed by atoms with Crippen LogP contribution in [0.3, 0.4) is 0 Å². The van der Waals surface area contributed by atoms with Gasteiger partial charge in [-0.25, -0.2) is 4.98 Å². The van der Waals surface area contributed by atoms with Gasteiger partial charge in [-0.15, -0.1) is 0 Å². The second kappa shape index (κ2) is 7.20. The van der Waals surface area contributed by atoms with Gasteiger partial charge >= 0.3 is 0 Å². The molecular formula is C19H18BrNO3. The summed E-state index contributed by atoms with van der Waals surface area (Å²) in [6.07, 6.45) is 0. The molecule has 3 aromatic rings. The fraction of sp³-hybridized carbons (Fsp3) is 0.211. The summed E-state index contributed by atoms with van der Waals surface area (Å²) in [6.45, 7) is 2.23. The molecule has 0 aliphatic rings. The second-order valence-corrected chi connectivity index (χ2v) is 6.31. The molecule has 124 valence electrons. The van der Waals surface area contributed by atoms with Gasteiger partial charge in [-0.3, -0.25) is 0 Å². The summed E-state index contributed by atoms with van der Waals surface area (Å²) >= 11 is 3.61. The average Bonchev–Trinajstić information content (AvgIpc) is 2.61. The van der Waals surface area contributed by atoms with E-state index in [0.717, 1.165) is 32.3 Å². The maximum Gasteiger partial charge on any atom is 0.158 e. The Bertz CT molecular complexity index is 863. The highest BCUT2D eigenvalue weighted by Crippen LogP contribution is 2.36. The molecule has 0 aliphatic carbocycles. The lowest BCUT2D eigenvalue weighted by molar-refractivity contribution is 0.253. The monoisotopic (exact) mass is 387 g/mol. The van der Waals surface area contributed by atoms with Crippen molar-refractivity contribution >= 4 is 26.8 Å². The van der Waals surface area contributed by atoms with Gasteiger partial charge in [0.15, 0.2) is 5.75 Å². The van der Waals surface area contributed by atoms with E-state index in [0.29, 0.717) is 18.1 Å². The van der Waals surface area contributed by atoms with Crippen LogP contribution in [0, 0.1) is 6.92 Å². The van der Waals surface area contributed by atoms with Crippen LogP contribution in [0.4, 0.5) is 0 Å². The van der Waals surface area contributed by atoms with Gasteiger partial charge in [0.2, 0.25) is 0 Å². The van der Waals surface area contributed by atoms with E-state index in [9.17, 15) is 5.11 Å². The summed E-state index contributed by atoms with van der Waals surface area (Å²) < 4.78 is 11.9. The molecule has 0 aliphatic heterocycles. The third-order valence-corrected chi connectivity index (χ3v) is 4.58. The van der Waals surface area contributed by atoms with E-state index in [2.05, 4.69) is 20.9 Å². The van der Waals surface area contributed by atoms with E-state index in [1.807, 2.05) is 49.4 Å². The van der Waals surface area contributed by atoms with Crippen LogP contribution in [-0.2, 0) is 13.2 Å². The fourth-order valence-electron chi connectivity index (χ4n) is 2.50. The first-order valence-corrected chi connectivity index (χ1v) is 8.37. The topological polar surface area (TPSA) is 51.6 Å². The minimum atomic E-state index is -0.180. The summed E-state index contributed by atoms with van der Waals surface area (Å²) in [5, 5.41) is 10.6. The number of rotatable bonds is 5. The van der Waals surface area contributed by atoms with E-state index in [1.165, 1.54) is 0 Å². The number of fused-ring (bicyclic) bond motifs is 1. The molecule has 24 heavy (non-hydrogen) atoms. The molecule has 0 atom stereocenters. The minimum Gasteiger partial charge on any atom is -0.497 e. The van der Waals surface area contributed by atoms with Gasteiger partial charge in [-0.05, 0) is 52.7 Å². The standard InChI is InChI=1S/C19H18BrNO3/c1-12-3-8-16-15(9-12)18(20)19(17(10-22)21-16)24-11-13-4-6-14(23-2)7-5-13/h3-9,22H,10-11H2,1-2H3. The van der Waals surface area contributed by atoms with Gasteiger partial charge in [-0.2, -0.15) is 0 Å². The molecule has 1 aromatic heterocycles. The third-order valence-electron chi connectivity index (χ3n) is 3.80. The maximum atomic E-state index is 9.64. The Kier molecular flexibility index (Phi) is 5.02. The predicted molar refractivity (Wildman–Crippen MR) is 97.4 cm³/mol. The number of aliphatic hydroxyl groups excluding tert-OH is 1. The van der Waals surface area contributed by atoms with Crippen molar-refractivity contribution < 1.29 is 14.6 Å². The van der Waals surface area contributed by atoms with Crippen molar-refractivity contribution in [2.24, 2.45) is 0 Å². The molecule has 0 unspecified atom stereocenters. The number of benzene rings is 2. The molecule has 3 rings (SSSR count). The molecule has 0 saturated carbocycles. The maximum absolute atomic E-state index is 9.64. The van der Waals surface area contributed by atoms with Crippen LogP contribution in [0.2, 0.25) is 0 Å². The number of nitrogens with zero attached hydrogens (tertiary/aromatic N) is 1. The summed E-state index contributed by atoms with van der Waals surface area (Å²) in [7, 11) is 1.64. The predicted octanol–water partition coefficient (Wildman–Crippen LogP) is 4.39. The van der Waals surface area contributed by atoms with Gasteiger partial charge in [-0.1, -0.05) is 23.8 Å². The second-order valence-electron chi connectivity index (χ2n) is 5.52. The molecule has 5 heteroatoms. The van der Waals surface area contributed by atoms with Crippen LogP contribution < -0.4 is 9.47 Å². The molecule has 0 amide bonds. The van der Waals surface area contributed by atoms with Gasteiger partial charge in [0, 0.05) is 5.39 Å². The Morgan fingerprint density at radius 3 is 2.54 bits per heavy atom. The Hall–Kier alpha value is -2.11. The largest absolute Gasteiger partial charge is 0.497 e. The SMILES string of the molecule is COc1ccc(COc2c(CO)nc3ccc(C)cc3c2Br)cc1. The fourth-order valence-corrected chi connectivity index (χ4v) is 3.16. The van der Waals surface area contributed by atoms with Crippen LogP contribution in [0.1, 0.15) is 16.8 Å². The Morgan fingerprint density at radius 1 is 1.12 bits per heavy atom. The zero-order valence-electron chi connectivity index (χ0n) is 13.5. The molecule has 0 radical (unpaired) electrons. The van der Waals surface area contributed by atoms with Crippen molar-refractivity contribution in [3.05, 3.63) is 63.8 Å². The molecule has 0 spiro atoms. The number of aliphatic hydroxyl groups is 1. The van der Waals surface area contributed by atoms with Gasteiger partial charge < -0.3 is 14.6 Å². The summed E-state index contributed by atoms with van der Waals surface area (Å²) in [5.41, 5.74) is 3.50. The highest BCUT2D eigenvalue weighted by atomic mass is 79.9. The van der Waals surface area contributed by atoms with Crippen LogP contribution >= 0.6 is 15.9 Å². The van der Waals surface area contributed by atoms with E-state index in [-0.39, 0.29) is 6.61 Å². The van der Waals surface area contributed by atoms with Crippen molar-refractivity contribution in [1.82, 2.24) is 4.98 Å². The molecule has 0 saturated heterocycles. The Balaban J connectivity index is 1.93. The molecule has 1 heterocycles. The lowest BCUT2D eigenvalue weighted by Crippen LogP contribution is -2.02. The average molecular weight is 388 g/mol. The first-order valence-electron chi connectivity index (χ1n) is 7.57. The highest BCUT2D eigenvalue weighted by molar-refractivity contribution is 9.10. The summed E-state index contributed by atoms with van der Waals surface area (Å²) in [4.78, 5) is 4.51. The van der Waals surface area contributed by atoms with Crippen LogP contribution in [0.5, 0.6) is 11.5 Å². The quantitative estimate of drug-likeness (QED) is 0.705. The van der Waals surface area contributed by atoms with E-state index >= 15 is 0 Å². The van der Waals surface area contributed by atoms with E-state index < -0.39 is 0 Å². The van der Waals surface area contributed by atoms with Crippen LogP contribution in [0.25, 0.3) is 10.9 Å².